The van der Waals surface area contributed by atoms with Crippen LogP contribution in [0.5, 0.6) is 11.5 Å². The van der Waals surface area contributed by atoms with Crippen LogP contribution >= 0.6 is 0 Å². The Balaban J connectivity index is 0.00000162. The summed E-state index contributed by atoms with van der Waals surface area (Å²) in [5.41, 5.74) is 0.997. The second kappa shape index (κ2) is 6.74. The minimum Gasteiger partial charge on any atom is -0.497 e. The summed E-state index contributed by atoms with van der Waals surface area (Å²) in [6.07, 6.45) is 2.52. The van der Waals surface area contributed by atoms with E-state index in [0.29, 0.717) is 19.5 Å². The quantitative estimate of drug-likeness (QED) is 0.627. The molecule has 1 aromatic carbocycles. The van der Waals surface area contributed by atoms with Crippen molar-refractivity contribution < 1.29 is 33.7 Å². The van der Waals surface area contributed by atoms with Crippen LogP contribution in [0, 0.1) is 6.42 Å². The maximum Gasteiger partial charge on any atom is 0.190 e. The first-order valence-electron chi connectivity index (χ1n) is 5.55. The van der Waals surface area contributed by atoms with Crippen LogP contribution in [-0.2, 0) is 30.8 Å². The minimum atomic E-state index is 0. The number of methoxy groups -OCH3 is 2. The van der Waals surface area contributed by atoms with Gasteiger partial charge in [0.1, 0.15) is 11.5 Å². The molecule has 0 bridgehead atoms. The molecule has 2 rings (SSSR count). The van der Waals surface area contributed by atoms with Gasteiger partial charge in [0.15, 0.2) is 5.91 Å². The number of benzene rings is 1. The summed E-state index contributed by atoms with van der Waals surface area (Å²) in [7, 11) is 3.24. The van der Waals surface area contributed by atoms with Gasteiger partial charge in [0, 0.05) is 37.7 Å². The zero-order valence-electron chi connectivity index (χ0n) is 10.8. The van der Waals surface area contributed by atoms with Crippen LogP contribution in [0.3, 0.4) is 0 Å². The van der Waals surface area contributed by atoms with E-state index in [1.807, 2.05) is 29.5 Å². The first-order chi connectivity index (χ1) is 8.24. The van der Waals surface area contributed by atoms with Gasteiger partial charge in [-0.15, -0.1) is 6.54 Å². The number of hydrogen-bond acceptors (Lipinski definition) is 3. The van der Waals surface area contributed by atoms with Gasteiger partial charge in [-0.1, -0.05) is 6.42 Å². The van der Waals surface area contributed by atoms with Gasteiger partial charge in [-0.3, -0.25) is 4.79 Å². The zero-order chi connectivity index (χ0) is 12.3. The summed E-state index contributed by atoms with van der Waals surface area (Å²) < 4.78 is 10.4. The summed E-state index contributed by atoms with van der Waals surface area (Å²) in [6, 6.07) is 5.64. The third kappa shape index (κ3) is 3.23. The number of rotatable bonds is 4. The van der Waals surface area contributed by atoms with Crippen molar-refractivity contribution in [2.24, 2.45) is 0 Å². The molecule has 4 nitrogen and oxygen atoms in total. The van der Waals surface area contributed by atoms with Gasteiger partial charge in [0.25, 0.3) is 0 Å². The van der Waals surface area contributed by atoms with Crippen molar-refractivity contribution in [1.82, 2.24) is 4.90 Å². The van der Waals surface area contributed by atoms with E-state index in [-0.39, 0.29) is 25.4 Å². The standard InChI is InChI=1S/C13H16NO3.Zn/c1-16-11-6-5-10(12(8-11)17-2)9-14-7-3-4-13(14)15;/h3,5-6,8H,4,7,9H2,1-2H3;/q-1;. The number of nitrogens with zero attached hydrogens (tertiary/aromatic N) is 1. The van der Waals surface area contributed by atoms with E-state index in [1.54, 1.807) is 14.2 Å². The van der Waals surface area contributed by atoms with Crippen LogP contribution in [0.4, 0.5) is 0 Å². The predicted octanol–water partition coefficient (Wildman–Crippen LogP) is 1.64. The Bertz CT molecular complexity index is 423. The van der Waals surface area contributed by atoms with Crippen LogP contribution in [0.2, 0.25) is 0 Å². The topological polar surface area (TPSA) is 38.8 Å². The molecule has 18 heavy (non-hydrogen) atoms. The van der Waals surface area contributed by atoms with Crippen molar-refractivity contribution in [2.45, 2.75) is 13.0 Å². The molecule has 0 N–H and O–H groups in total. The third-order valence-electron chi connectivity index (χ3n) is 2.88. The summed E-state index contributed by atoms with van der Waals surface area (Å²) in [5.74, 6) is 1.68. The van der Waals surface area contributed by atoms with Crippen LogP contribution in [0.1, 0.15) is 12.0 Å². The molecule has 1 aliphatic rings. The normalized spacial score (nSPS) is 14.3. The van der Waals surface area contributed by atoms with Crippen molar-refractivity contribution in [1.29, 1.82) is 0 Å². The molecule has 94 valence electrons. The van der Waals surface area contributed by atoms with E-state index in [9.17, 15) is 4.79 Å². The fraction of sp³-hybridized carbons (Fsp3) is 0.385. The van der Waals surface area contributed by atoms with E-state index < -0.39 is 0 Å². The van der Waals surface area contributed by atoms with E-state index in [1.165, 1.54) is 0 Å². The second-order valence-electron chi connectivity index (χ2n) is 3.94. The number of ether oxygens (including phenoxy) is 2. The molecule has 1 heterocycles. The van der Waals surface area contributed by atoms with Crippen LogP contribution in [0.25, 0.3) is 0 Å². The first-order valence-corrected chi connectivity index (χ1v) is 5.55. The number of hydrogen-bond donors (Lipinski definition) is 0. The molecule has 1 aromatic rings. The van der Waals surface area contributed by atoms with E-state index >= 15 is 0 Å². The number of carbonyl (C=O) groups excluding carboxylic acids is 1. The average molecular weight is 300 g/mol. The molecular formula is C13H16NO3Zn-. The monoisotopic (exact) mass is 298 g/mol. The van der Waals surface area contributed by atoms with Gasteiger partial charge >= 0.3 is 0 Å². The summed E-state index contributed by atoms with van der Waals surface area (Å²) in [5, 5.41) is 0. The number of carbonyl (C=O) groups is 1. The number of amides is 1. The zero-order valence-corrected chi connectivity index (χ0v) is 13.8. The predicted molar refractivity (Wildman–Crippen MR) is 63.9 cm³/mol. The fourth-order valence-corrected chi connectivity index (χ4v) is 1.92. The Hall–Kier alpha value is -1.09. The molecular weight excluding hydrogens is 284 g/mol. The van der Waals surface area contributed by atoms with E-state index in [0.717, 1.165) is 17.1 Å². The molecule has 0 unspecified atom stereocenters. The van der Waals surface area contributed by atoms with Gasteiger partial charge in [-0.05, 0) is 12.1 Å². The van der Waals surface area contributed by atoms with Crippen molar-refractivity contribution >= 4 is 5.91 Å². The van der Waals surface area contributed by atoms with Crippen LogP contribution in [0.15, 0.2) is 18.2 Å². The Kier molecular flexibility index (Phi) is 5.61. The molecule has 0 aromatic heterocycles. The van der Waals surface area contributed by atoms with Gasteiger partial charge < -0.3 is 20.8 Å². The first kappa shape index (κ1) is 15.0. The second-order valence-corrected chi connectivity index (χ2v) is 3.94. The third-order valence-corrected chi connectivity index (χ3v) is 2.88. The van der Waals surface area contributed by atoms with Gasteiger partial charge in [-0.25, -0.2) is 0 Å². The summed E-state index contributed by atoms with van der Waals surface area (Å²) in [6.45, 7) is 1.30. The molecule has 5 heteroatoms. The van der Waals surface area contributed by atoms with Gasteiger partial charge in [-0.2, -0.15) is 0 Å². The van der Waals surface area contributed by atoms with Crippen molar-refractivity contribution in [3.05, 3.63) is 30.2 Å². The molecule has 0 aliphatic carbocycles. The smallest absolute Gasteiger partial charge is 0.190 e. The molecule has 1 amide bonds. The molecule has 0 saturated carbocycles. The molecule has 1 saturated heterocycles. The molecule has 0 spiro atoms. The average Bonchev–Trinajstić information content (AvgIpc) is 2.75. The van der Waals surface area contributed by atoms with E-state index in [2.05, 4.69) is 0 Å². The SMILES string of the molecule is COc1ccc(CN2C[CH-]CC2=O)c(OC)c1.[Zn]. The number of likely N-dealkylation sites (tertiary alicyclic amines) is 1. The Morgan fingerprint density at radius 1 is 1.33 bits per heavy atom. The van der Waals surface area contributed by atoms with Crippen molar-refractivity contribution in [3.8, 4) is 11.5 Å². The fourth-order valence-electron chi connectivity index (χ4n) is 1.92. The maximum atomic E-state index is 11.5. The Morgan fingerprint density at radius 2 is 2.11 bits per heavy atom. The molecule has 1 aliphatic heterocycles. The van der Waals surface area contributed by atoms with Gasteiger partial charge in [0.05, 0.1) is 14.2 Å². The Morgan fingerprint density at radius 3 is 2.67 bits per heavy atom. The minimum absolute atomic E-state index is 0. The Labute approximate surface area is 120 Å². The maximum absolute atomic E-state index is 11.5. The van der Waals surface area contributed by atoms with Crippen molar-refractivity contribution in [2.75, 3.05) is 20.8 Å². The van der Waals surface area contributed by atoms with Gasteiger partial charge in [0.2, 0.25) is 0 Å². The van der Waals surface area contributed by atoms with Crippen LogP contribution in [-0.4, -0.2) is 31.6 Å². The van der Waals surface area contributed by atoms with Crippen LogP contribution < -0.4 is 9.47 Å². The van der Waals surface area contributed by atoms with Crippen molar-refractivity contribution in [3.63, 3.8) is 0 Å². The molecule has 1 fully saturated rings. The largest absolute Gasteiger partial charge is 0.497 e. The summed E-state index contributed by atoms with van der Waals surface area (Å²) in [4.78, 5) is 13.3. The van der Waals surface area contributed by atoms with E-state index in [4.69, 9.17) is 9.47 Å². The summed E-state index contributed by atoms with van der Waals surface area (Å²) >= 11 is 0. The molecule has 0 atom stereocenters. The molecule has 0 radical (unpaired) electrons.